The van der Waals surface area contributed by atoms with Crippen LogP contribution in [0, 0.1) is 0 Å². The molecule has 0 aliphatic carbocycles. The minimum absolute atomic E-state index is 0.224. The number of ether oxygens (including phenoxy) is 1. The molecular formula is C21H15ClN2O2S. The van der Waals surface area contributed by atoms with Gasteiger partial charge in [-0.05, 0) is 48.5 Å². The normalized spacial score (nSPS) is 10.7. The van der Waals surface area contributed by atoms with Crippen LogP contribution < -0.4 is 10.1 Å². The lowest BCUT2D eigenvalue weighted by molar-refractivity contribution is 0.102. The minimum Gasteiger partial charge on any atom is -0.497 e. The molecule has 1 heterocycles. The molecule has 0 saturated carbocycles. The number of carbonyl (C=O) groups is 1. The van der Waals surface area contributed by atoms with Crippen LogP contribution in [-0.4, -0.2) is 18.0 Å². The van der Waals surface area contributed by atoms with Gasteiger partial charge in [0.2, 0.25) is 0 Å². The molecule has 0 atom stereocenters. The molecule has 0 fully saturated rings. The van der Waals surface area contributed by atoms with Crippen molar-refractivity contribution in [1.82, 2.24) is 4.98 Å². The molecule has 134 valence electrons. The van der Waals surface area contributed by atoms with Crippen LogP contribution in [0.3, 0.4) is 0 Å². The van der Waals surface area contributed by atoms with Crippen LogP contribution in [0.1, 0.15) is 10.4 Å². The molecule has 0 spiro atoms. The molecule has 6 heteroatoms. The van der Waals surface area contributed by atoms with Crippen molar-refractivity contribution in [2.45, 2.75) is 0 Å². The predicted molar refractivity (Wildman–Crippen MR) is 111 cm³/mol. The Morgan fingerprint density at radius 2 is 1.93 bits per heavy atom. The topological polar surface area (TPSA) is 51.2 Å². The average molecular weight is 395 g/mol. The standard InChI is InChI=1S/C21H15ClN2O2S/c1-26-15-6-4-5-13(11-15)20(25)23-17-10-9-14(22)12-16(17)21-24-18-7-2-3-8-19(18)27-21/h2-12H,1H3,(H,23,25). The summed E-state index contributed by atoms with van der Waals surface area (Å²) in [7, 11) is 1.57. The number of fused-ring (bicyclic) bond motifs is 1. The van der Waals surface area contributed by atoms with Crippen LogP contribution in [0.15, 0.2) is 66.7 Å². The second-order valence-corrected chi connectivity index (χ2v) is 7.33. The van der Waals surface area contributed by atoms with E-state index >= 15 is 0 Å². The Bertz CT molecular complexity index is 1110. The number of aromatic nitrogens is 1. The van der Waals surface area contributed by atoms with Crippen molar-refractivity contribution in [3.63, 3.8) is 0 Å². The zero-order valence-corrected chi connectivity index (χ0v) is 16.0. The van der Waals surface area contributed by atoms with Gasteiger partial charge in [-0.25, -0.2) is 4.98 Å². The fourth-order valence-electron chi connectivity index (χ4n) is 2.75. The number of rotatable bonds is 4. The van der Waals surface area contributed by atoms with Gasteiger partial charge in [0.15, 0.2) is 0 Å². The Hall–Kier alpha value is -2.89. The Morgan fingerprint density at radius 1 is 1.07 bits per heavy atom. The first-order valence-corrected chi connectivity index (χ1v) is 9.44. The number of thiazole rings is 1. The van der Waals surface area contributed by atoms with Crippen molar-refractivity contribution < 1.29 is 9.53 Å². The number of anilines is 1. The number of amides is 1. The number of nitrogens with one attached hydrogen (secondary N) is 1. The van der Waals surface area contributed by atoms with Crippen molar-refractivity contribution in [1.29, 1.82) is 0 Å². The third kappa shape index (κ3) is 3.65. The highest BCUT2D eigenvalue weighted by molar-refractivity contribution is 7.21. The zero-order chi connectivity index (χ0) is 18.8. The summed E-state index contributed by atoms with van der Waals surface area (Å²) in [6.07, 6.45) is 0. The number of methoxy groups -OCH3 is 1. The first kappa shape index (κ1) is 17.5. The molecule has 0 unspecified atom stereocenters. The lowest BCUT2D eigenvalue weighted by atomic mass is 10.1. The van der Waals surface area contributed by atoms with Crippen LogP contribution >= 0.6 is 22.9 Å². The molecular weight excluding hydrogens is 380 g/mol. The highest BCUT2D eigenvalue weighted by Crippen LogP contribution is 2.36. The highest BCUT2D eigenvalue weighted by atomic mass is 35.5. The van der Waals surface area contributed by atoms with E-state index in [4.69, 9.17) is 16.3 Å². The molecule has 27 heavy (non-hydrogen) atoms. The van der Waals surface area contributed by atoms with E-state index in [1.165, 1.54) is 0 Å². The predicted octanol–water partition coefficient (Wildman–Crippen LogP) is 5.88. The maximum atomic E-state index is 12.7. The summed E-state index contributed by atoms with van der Waals surface area (Å²) in [5.74, 6) is 0.406. The molecule has 0 aliphatic rings. The van der Waals surface area contributed by atoms with Crippen LogP contribution in [-0.2, 0) is 0 Å². The number of hydrogen-bond acceptors (Lipinski definition) is 4. The van der Waals surface area contributed by atoms with Gasteiger partial charge in [0.05, 0.1) is 23.0 Å². The largest absolute Gasteiger partial charge is 0.497 e. The summed E-state index contributed by atoms with van der Waals surface area (Å²) in [5, 5.41) is 4.35. The molecule has 0 saturated heterocycles. The SMILES string of the molecule is COc1cccc(C(=O)Nc2ccc(Cl)cc2-c2nc3ccccc3s2)c1. The van der Waals surface area contributed by atoms with Gasteiger partial charge in [-0.3, -0.25) is 4.79 Å². The van der Waals surface area contributed by atoms with E-state index < -0.39 is 0 Å². The van der Waals surface area contributed by atoms with Gasteiger partial charge in [-0.1, -0.05) is 29.8 Å². The molecule has 4 aromatic rings. The Balaban J connectivity index is 1.72. The van der Waals surface area contributed by atoms with Crippen molar-refractivity contribution in [3.05, 3.63) is 77.3 Å². The molecule has 0 bridgehead atoms. The van der Waals surface area contributed by atoms with Crippen molar-refractivity contribution >= 4 is 44.7 Å². The van der Waals surface area contributed by atoms with E-state index in [0.717, 1.165) is 20.8 Å². The van der Waals surface area contributed by atoms with Crippen molar-refractivity contribution in [3.8, 4) is 16.3 Å². The van der Waals surface area contributed by atoms with Gasteiger partial charge in [0.25, 0.3) is 5.91 Å². The molecule has 1 N–H and O–H groups in total. The van der Waals surface area contributed by atoms with Gasteiger partial charge < -0.3 is 10.1 Å². The molecule has 1 aromatic heterocycles. The van der Waals surface area contributed by atoms with Crippen molar-refractivity contribution in [2.75, 3.05) is 12.4 Å². The van der Waals surface area contributed by atoms with E-state index in [0.29, 0.717) is 22.0 Å². The molecule has 3 aromatic carbocycles. The highest BCUT2D eigenvalue weighted by Gasteiger charge is 2.15. The van der Waals surface area contributed by atoms with E-state index in [2.05, 4.69) is 10.3 Å². The van der Waals surface area contributed by atoms with E-state index in [1.807, 2.05) is 30.3 Å². The van der Waals surface area contributed by atoms with Crippen LogP contribution in [0.4, 0.5) is 5.69 Å². The Kier molecular flexibility index (Phi) is 4.79. The molecule has 1 amide bonds. The fourth-order valence-corrected chi connectivity index (χ4v) is 3.92. The van der Waals surface area contributed by atoms with Gasteiger partial charge in [-0.2, -0.15) is 0 Å². The van der Waals surface area contributed by atoms with E-state index in [-0.39, 0.29) is 5.91 Å². The second kappa shape index (κ2) is 7.39. The Morgan fingerprint density at radius 3 is 2.74 bits per heavy atom. The van der Waals surface area contributed by atoms with E-state index in [9.17, 15) is 4.79 Å². The number of para-hydroxylation sites is 1. The van der Waals surface area contributed by atoms with Gasteiger partial charge >= 0.3 is 0 Å². The van der Waals surface area contributed by atoms with Crippen LogP contribution in [0.2, 0.25) is 5.02 Å². The molecule has 0 radical (unpaired) electrons. The van der Waals surface area contributed by atoms with Crippen LogP contribution in [0.25, 0.3) is 20.8 Å². The summed E-state index contributed by atoms with van der Waals surface area (Å²) in [4.78, 5) is 17.4. The van der Waals surface area contributed by atoms with Gasteiger partial charge in [-0.15, -0.1) is 11.3 Å². The third-order valence-electron chi connectivity index (χ3n) is 4.09. The number of carbonyl (C=O) groups excluding carboxylic acids is 1. The number of hydrogen-bond donors (Lipinski definition) is 1. The summed E-state index contributed by atoms with van der Waals surface area (Å²) >= 11 is 7.77. The smallest absolute Gasteiger partial charge is 0.255 e. The molecule has 4 nitrogen and oxygen atoms in total. The second-order valence-electron chi connectivity index (χ2n) is 5.86. The lowest BCUT2D eigenvalue weighted by Gasteiger charge is -2.11. The lowest BCUT2D eigenvalue weighted by Crippen LogP contribution is -2.12. The van der Waals surface area contributed by atoms with Crippen molar-refractivity contribution in [2.24, 2.45) is 0 Å². The number of halogens is 1. The maximum absolute atomic E-state index is 12.7. The first-order valence-electron chi connectivity index (χ1n) is 8.25. The van der Waals surface area contributed by atoms with E-state index in [1.54, 1.807) is 54.8 Å². The fraction of sp³-hybridized carbons (Fsp3) is 0.0476. The maximum Gasteiger partial charge on any atom is 0.255 e. The first-order chi connectivity index (χ1) is 13.1. The minimum atomic E-state index is -0.224. The summed E-state index contributed by atoms with van der Waals surface area (Å²) in [5.41, 5.74) is 2.88. The van der Waals surface area contributed by atoms with Gasteiger partial charge in [0.1, 0.15) is 10.8 Å². The zero-order valence-electron chi connectivity index (χ0n) is 14.4. The summed E-state index contributed by atoms with van der Waals surface area (Å²) in [6.45, 7) is 0. The Labute approximate surface area is 165 Å². The summed E-state index contributed by atoms with van der Waals surface area (Å²) in [6, 6.07) is 20.3. The average Bonchev–Trinajstić information content (AvgIpc) is 3.13. The van der Waals surface area contributed by atoms with Gasteiger partial charge in [0, 0.05) is 16.1 Å². The number of benzene rings is 3. The summed E-state index contributed by atoms with van der Waals surface area (Å²) < 4.78 is 6.27. The number of nitrogens with zero attached hydrogens (tertiary/aromatic N) is 1. The quantitative estimate of drug-likeness (QED) is 0.470. The molecule has 0 aliphatic heterocycles. The monoisotopic (exact) mass is 394 g/mol. The van der Waals surface area contributed by atoms with Crippen LogP contribution in [0.5, 0.6) is 5.75 Å². The molecule has 4 rings (SSSR count). The third-order valence-corrected chi connectivity index (χ3v) is 5.39.